The number of rotatable bonds is 4. The number of benzene rings is 2. The van der Waals surface area contributed by atoms with E-state index in [9.17, 15) is 14.4 Å². The second-order valence-corrected chi connectivity index (χ2v) is 6.57. The molecule has 0 spiro atoms. The molecule has 0 fully saturated rings. The molecule has 7 heteroatoms. The first-order valence-corrected chi connectivity index (χ1v) is 8.77. The monoisotopic (exact) mass is 374 g/mol. The minimum atomic E-state index is -0.779. The summed E-state index contributed by atoms with van der Waals surface area (Å²) >= 11 is 0. The predicted molar refractivity (Wildman–Crippen MR) is 106 cm³/mol. The number of carbonyl (C=O) groups is 1. The number of fused-ring (bicyclic) bond motifs is 1. The lowest BCUT2D eigenvalue weighted by Crippen LogP contribution is -2.38. The Bertz CT molecular complexity index is 1280. The van der Waals surface area contributed by atoms with Crippen LogP contribution in [0.25, 0.3) is 11.2 Å². The summed E-state index contributed by atoms with van der Waals surface area (Å²) in [6.07, 6.45) is 1.45. The van der Waals surface area contributed by atoms with E-state index >= 15 is 0 Å². The van der Waals surface area contributed by atoms with Gasteiger partial charge in [-0.25, -0.2) is 9.78 Å². The van der Waals surface area contributed by atoms with Gasteiger partial charge in [0.2, 0.25) is 0 Å². The van der Waals surface area contributed by atoms with Gasteiger partial charge in [0.15, 0.2) is 16.9 Å². The molecule has 1 atom stereocenters. The molecule has 0 N–H and O–H groups in total. The number of aromatic nitrogens is 4. The predicted octanol–water partition coefficient (Wildman–Crippen LogP) is 1.91. The molecule has 140 valence electrons. The summed E-state index contributed by atoms with van der Waals surface area (Å²) in [4.78, 5) is 42.7. The Morgan fingerprint density at radius 2 is 1.50 bits per heavy atom. The quantitative estimate of drug-likeness (QED) is 0.511. The smallest absolute Gasteiger partial charge is 0.309 e. The van der Waals surface area contributed by atoms with E-state index in [1.54, 1.807) is 35.9 Å². The van der Waals surface area contributed by atoms with Crippen molar-refractivity contribution >= 4 is 16.9 Å². The van der Waals surface area contributed by atoms with Crippen molar-refractivity contribution in [2.75, 3.05) is 0 Å². The molecule has 0 bridgehead atoms. The highest BCUT2D eigenvalue weighted by atomic mass is 16.2. The second-order valence-electron chi connectivity index (χ2n) is 6.57. The van der Waals surface area contributed by atoms with Crippen LogP contribution in [0.5, 0.6) is 0 Å². The number of hydrogen-bond donors (Lipinski definition) is 0. The summed E-state index contributed by atoms with van der Waals surface area (Å²) in [5.74, 6) is -0.165. The lowest BCUT2D eigenvalue weighted by molar-refractivity contribution is 0.0947. The van der Waals surface area contributed by atoms with Gasteiger partial charge >= 0.3 is 5.69 Å². The number of nitrogens with zero attached hydrogens (tertiary/aromatic N) is 4. The molecule has 0 aliphatic heterocycles. The minimum absolute atomic E-state index is 0.165. The molecule has 4 rings (SSSR count). The summed E-state index contributed by atoms with van der Waals surface area (Å²) < 4.78 is 3.89. The highest BCUT2D eigenvalue weighted by Gasteiger charge is 2.27. The number of Topliss-reactive ketones (excluding diaryl/α,β-unsaturated/α-hetero) is 1. The first-order valence-electron chi connectivity index (χ1n) is 8.77. The van der Waals surface area contributed by atoms with Crippen LogP contribution in [0.1, 0.15) is 22.0 Å². The van der Waals surface area contributed by atoms with Gasteiger partial charge in [-0.2, -0.15) is 0 Å². The normalized spacial score (nSPS) is 12.2. The van der Waals surface area contributed by atoms with Crippen LogP contribution >= 0.6 is 0 Å². The molecule has 0 radical (unpaired) electrons. The summed E-state index contributed by atoms with van der Waals surface area (Å²) in [7, 11) is 2.97. The van der Waals surface area contributed by atoms with Gasteiger partial charge in [0.25, 0.3) is 5.56 Å². The van der Waals surface area contributed by atoms with E-state index in [1.165, 1.54) is 17.9 Å². The Labute approximate surface area is 160 Å². The van der Waals surface area contributed by atoms with Gasteiger partial charge in [-0.05, 0) is 5.56 Å². The van der Waals surface area contributed by atoms with Crippen molar-refractivity contribution in [2.45, 2.75) is 6.04 Å². The number of aryl methyl sites for hydroxylation is 1. The van der Waals surface area contributed by atoms with Crippen molar-refractivity contribution in [3.63, 3.8) is 0 Å². The van der Waals surface area contributed by atoms with E-state index in [2.05, 4.69) is 4.98 Å². The molecule has 0 aliphatic carbocycles. The third kappa shape index (κ3) is 2.68. The van der Waals surface area contributed by atoms with Crippen molar-refractivity contribution in [1.29, 1.82) is 0 Å². The molecule has 0 saturated carbocycles. The number of hydrogen-bond acceptors (Lipinski definition) is 4. The lowest BCUT2D eigenvalue weighted by atomic mass is 9.97. The zero-order chi connectivity index (χ0) is 19.8. The average Bonchev–Trinajstić information content (AvgIpc) is 3.17. The number of ketones is 1. The largest absolute Gasteiger partial charge is 0.332 e. The molecule has 2 aromatic heterocycles. The third-order valence-electron chi connectivity index (χ3n) is 4.87. The molecular weight excluding hydrogens is 356 g/mol. The molecule has 0 amide bonds. The Hall–Kier alpha value is -3.74. The lowest BCUT2D eigenvalue weighted by Gasteiger charge is -2.19. The van der Waals surface area contributed by atoms with E-state index in [4.69, 9.17) is 0 Å². The van der Waals surface area contributed by atoms with Crippen LogP contribution in [-0.4, -0.2) is 24.5 Å². The van der Waals surface area contributed by atoms with Crippen molar-refractivity contribution < 1.29 is 4.79 Å². The highest BCUT2D eigenvalue weighted by Crippen LogP contribution is 2.25. The Balaban J connectivity index is 2.03. The van der Waals surface area contributed by atoms with Crippen molar-refractivity contribution in [3.8, 4) is 0 Å². The van der Waals surface area contributed by atoms with Gasteiger partial charge in [-0.1, -0.05) is 60.7 Å². The average molecular weight is 374 g/mol. The van der Waals surface area contributed by atoms with Gasteiger partial charge in [0, 0.05) is 19.7 Å². The van der Waals surface area contributed by atoms with Crippen LogP contribution in [0.4, 0.5) is 0 Å². The Morgan fingerprint density at radius 1 is 0.893 bits per heavy atom. The van der Waals surface area contributed by atoms with Crippen LogP contribution in [0.15, 0.2) is 76.6 Å². The van der Waals surface area contributed by atoms with Crippen molar-refractivity contribution in [1.82, 2.24) is 18.7 Å². The van der Waals surface area contributed by atoms with E-state index in [0.29, 0.717) is 5.56 Å². The fraction of sp³-hybridized carbons (Fsp3) is 0.143. The first-order chi connectivity index (χ1) is 13.5. The molecule has 28 heavy (non-hydrogen) atoms. The molecule has 4 aromatic rings. The zero-order valence-electron chi connectivity index (χ0n) is 15.4. The van der Waals surface area contributed by atoms with Gasteiger partial charge in [0.1, 0.15) is 6.04 Å². The van der Waals surface area contributed by atoms with Gasteiger partial charge in [-0.15, -0.1) is 0 Å². The Morgan fingerprint density at radius 3 is 2.14 bits per heavy atom. The summed E-state index contributed by atoms with van der Waals surface area (Å²) in [6, 6.07) is 17.4. The molecule has 1 unspecified atom stereocenters. The molecular formula is C21H18N4O3. The summed E-state index contributed by atoms with van der Waals surface area (Å²) in [5, 5.41) is 0. The van der Waals surface area contributed by atoms with E-state index in [1.807, 2.05) is 36.4 Å². The zero-order valence-corrected chi connectivity index (χ0v) is 15.4. The molecule has 0 saturated heterocycles. The van der Waals surface area contributed by atoms with Crippen molar-refractivity contribution in [3.05, 3.63) is 99.0 Å². The minimum Gasteiger partial charge on any atom is -0.309 e. The molecule has 0 aliphatic rings. The SMILES string of the molecule is Cn1c(=O)c2c(ncn2C(C(=O)c2ccccc2)c2ccccc2)n(C)c1=O. The molecule has 7 nitrogen and oxygen atoms in total. The van der Waals surface area contributed by atoms with Crippen LogP contribution in [0.3, 0.4) is 0 Å². The van der Waals surface area contributed by atoms with Gasteiger partial charge < -0.3 is 4.57 Å². The van der Waals surface area contributed by atoms with Gasteiger partial charge in [0.05, 0.1) is 6.33 Å². The van der Waals surface area contributed by atoms with E-state index < -0.39 is 17.3 Å². The van der Waals surface area contributed by atoms with Gasteiger partial charge in [-0.3, -0.25) is 18.7 Å². The van der Waals surface area contributed by atoms with Crippen LogP contribution < -0.4 is 11.2 Å². The first kappa shape index (κ1) is 17.7. The van der Waals surface area contributed by atoms with Crippen LogP contribution in [0.2, 0.25) is 0 Å². The van der Waals surface area contributed by atoms with Crippen molar-refractivity contribution in [2.24, 2.45) is 14.1 Å². The topological polar surface area (TPSA) is 78.9 Å². The number of carbonyl (C=O) groups excluding carboxylic acids is 1. The number of imidazole rings is 1. The van der Waals surface area contributed by atoms with E-state index in [-0.39, 0.29) is 16.9 Å². The fourth-order valence-corrected chi connectivity index (χ4v) is 3.39. The third-order valence-corrected chi connectivity index (χ3v) is 4.87. The fourth-order valence-electron chi connectivity index (χ4n) is 3.39. The standard InChI is InChI=1S/C21H18N4O3/c1-23-19-17(20(27)24(2)21(23)28)25(13-22-19)16(14-9-5-3-6-10-14)18(26)15-11-7-4-8-12-15/h3-13,16H,1-2H3. The summed E-state index contributed by atoms with van der Waals surface area (Å²) in [5.41, 5.74) is 0.759. The highest BCUT2D eigenvalue weighted by molar-refractivity contribution is 6.01. The maximum absolute atomic E-state index is 13.4. The van der Waals surface area contributed by atoms with Crippen LogP contribution in [0, 0.1) is 0 Å². The maximum Gasteiger partial charge on any atom is 0.332 e. The Kier molecular flexibility index (Phi) is 4.27. The van der Waals surface area contributed by atoms with Crippen LogP contribution in [-0.2, 0) is 14.1 Å². The second kappa shape index (κ2) is 6.77. The maximum atomic E-state index is 13.4. The molecule has 2 heterocycles. The van der Waals surface area contributed by atoms with E-state index in [0.717, 1.165) is 10.1 Å². The molecule has 2 aromatic carbocycles. The summed E-state index contributed by atoms with van der Waals surface area (Å²) in [6.45, 7) is 0.